The fraction of sp³-hybridized carbons (Fsp3) is 0.455. The second-order valence-corrected chi connectivity index (χ2v) is 4.00. The zero-order valence-corrected chi connectivity index (χ0v) is 8.56. The molecule has 1 saturated heterocycles. The van der Waals surface area contributed by atoms with Gasteiger partial charge in [-0.25, -0.2) is 9.50 Å². The standard InChI is InChI=1S/C11H14N4/c1-2-11-13-8-10(15(11)14-5-1)9-3-6-12-7-4-9/h1-2,5,8-9,12H,3-4,6-7H2. The van der Waals surface area contributed by atoms with E-state index in [4.69, 9.17) is 0 Å². The fourth-order valence-electron chi connectivity index (χ4n) is 2.24. The molecule has 0 unspecified atom stereocenters. The maximum Gasteiger partial charge on any atom is 0.153 e. The molecule has 0 atom stereocenters. The molecule has 1 aliphatic heterocycles. The Morgan fingerprint density at radius 3 is 3.07 bits per heavy atom. The number of hydrogen-bond donors (Lipinski definition) is 1. The van der Waals surface area contributed by atoms with E-state index in [0.717, 1.165) is 18.7 Å². The van der Waals surface area contributed by atoms with Gasteiger partial charge in [0.1, 0.15) is 0 Å². The predicted molar refractivity (Wildman–Crippen MR) is 57.8 cm³/mol. The third kappa shape index (κ3) is 1.51. The van der Waals surface area contributed by atoms with E-state index in [2.05, 4.69) is 15.4 Å². The van der Waals surface area contributed by atoms with Gasteiger partial charge in [0.2, 0.25) is 0 Å². The van der Waals surface area contributed by atoms with Gasteiger partial charge < -0.3 is 5.32 Å². The van der Waals surface area contributed by atoms with Crippen molar-refractivity contribution in [1.29, 1.82) is 0 Å². The largest absolute Gasteiger partial charge is 0.317 e. The Kier molecular flexibility index (Phi) is 2.14. The van der Waals surface area contributed by atoms with E-state index >= 15 is 0 Å². The van der Waals surface area contributed by atoms with Crippen molar-refractivity contribution >= 4 is 5.65 Å². The van der Waals surface area contributed by atoms with Gasteiger partial charge in [-0.2, -0.15) is 5.10 Å². The summed E-state index contributed by atoms with van der Waals surface area (Å²) < 4.78 is 1.97. The number of fused-ring (bicyclic) bond motifs is 1. The lowest BCUT2D eigenvalue weighted by Gasteiger charge is -2.21. The highest BCUT2D eigenvalue weighted by atomic mass is 15.3. The first kappa shape index (κ1) is 8.85. The molecule has 15 heavy (non-hydrogen) atoms. The van der Waals surface area contributed by atoms with Crippen molar-refractivity contribution in [1.82, 2.24) is 19.9 Å². The Hall–Kier alpha value is -1.42. The molecule has 2 aromatic heterocycles. The Bertz CT molecular complexity index is 456. The van der Waals surface area contributed by atoms with Crippen LogP contribution in [0.2, 0.25) is 0 Å². The summed E-state index contributed by atoms with van der Waals surface area (Å²) in [6.07, 6.45) is 6.16. The summed E-state index contributed by atoms with van der Waals surface area (Å²) in [5.74, 6) is 0.608. The molecule has 1 aliphatic rings. The van der Waals surface area contributed by atoms with E-state index in [9.17, 15) is 0 Å². The summed E-state index contributed by atoms with van der Waals surface area (Å²) in [4.78, 5) is 4.37. The molecule has 1 N–H and O–H groups in total. The average molecular weight is 202 g/mol. The van der Waals surface area contributed by atoms with E-state index < -0.39 is 0 Å². The van der Waals surface area contributed by atoms with Crippen LogP contribution in [0.15, 0.2) is 24.5 Å². The molecule has 0 aromatic carbocycles. The minimum absolute atomic E-state index is 0.608. The van der Waals surface area contributed by atoms with E-state index in [1.54, 1.807) is 0 Å². The molecule has 78 valence electrons. The van der Waals surface area contributed by atoms with Crippen molar-refractivity contribution in [2.45, 2.75) is 18.8 Å². The maximum absolute atomic E-state index is 4.37. The van der Waals surface area contributed by atoms with Gasteiger partial charge in [0.25, 0.3) is 0 Å². The van der Waals surface area contributed by atoms with Gasteiger partial charge in [0.05, 0.1) is 11.9 Å². The van der Waals surface area contributed by atoms with Crippen LogP contribution in [-0.4, -0.2) is 27.7 Å². The summed E-state index contributed by atoms with van der Waals surface area (Å²) in [6.45, 7) is 2.20. The van der Waals surface area contributed by atoms with E-state index in [-0.39, 0.29) is 0 Å². The van der Waals surface area contributed by atoms with E-state index in [1.165, 1.54) is 18.5 Å². The molecule has 4 heteroatoms. The second-order valence-electron chi connectivity index (χ2n) is 4.00. The monoisotopic (exact) mass is 202 g/mol. The van der Waals surface area contributed by atoms with Gasteiger partial charge in [-0.1, -0.05) is 0 Å². The first-order chi connectivity index (χ1) is 7.45. The van der Waals surface area contributed by atoms with Gasteiger partial charge in [0.15, 0.2) is 5.65 Å². The Morgan fingerprint density at radius 1 is 1.33 bits per heavy atom. The van der Waals surface area contributed by atoms with Crippen LogP contribution in [0.3, 0.4) is 0 Å². The van der Waals surface area contributed by atoms with Gasteiger partial charge in [-0.05, 0) is 38.1 Å². The van der Waals surface area contributed by atoms with Crippen molar-refractivity contribution in [3.05, 3.63) is 30.2 Å². The van der Waals surface area contributed by atoms with Crippen LogP contribution < -0.4 is 5.32 Å². The van der Waals surface area contributed by atoms with Gasteiger partial charge in [-0.15, -0.1) is 0 Å². The fourth-order valence-corrected chi connectivity index (χ4v) is 2.24. The zero-order valence-electron chi connectivity index (χ0n) is 8.56. The van der Waals surface area contributed by atoms with Gasteiger partial charge >= 0.3 is 0 Å². The molecular formula is C11H14N4. The van der Waals surface area contributed by atoms with E-state index in [0.29, 0.717) is 5.92 Å². The second kappa shape index (κ2) is 3.62. The van der Waals surface area contributed by atoms with Crippen LogP contribution in [0.4, 0.5) is 0 Å². The van der Waals surface area contributed by atoms with Crippen molar-refractivity contribution in [2.75, 3.05) is 13.1 Å². The average Bonchev–Trinajstić information content (AvgIpc) is 2.74. The Balaban J connectivity index is 2.02. The number of piperidine rings is 1. The molecule has 0 amide bonds. The third-order valence-corrected chi connectivity index (χ3v) is 3.06. The highest BCUT2D eigenvalue weighted by Gasteiger charge is 2.18. The predicted octanol–water partition coefficient (Wildman–Crippen LogP) is 1.20. The van der Waals surface area contributed by atoms with Gasteiger partial charge in [0, 0.05) is 12.1 Å². The maximum atomic E-state index is 4.37. The first-order valence-electron chi connectivity index (χ1n) is 5.44. The molecule has 3 heterocycles. The number of imidazole rings is 1. The first-order valence-corrected chi connectivity index (χ1v) is 5.44. The number of nitrogens with zero attached hydrogens (tertiary/aromatic N) is 3. The molecule has 4 nitrogen and oxygen atoms in total. The van der Waals surface area contributed by atoms with Crippen molar-refractivity contribution in [2.24, 2.45) is 0 Å². The SMILES string of the molecule is c1cnn2c(C3CCNCC3)cnc2c1. The van der Waals surface area contributed by atoms with Crippen LogP contribution in [0.1, 0.15) is 24.5 Å². The number of nitrogens with one attached hydrogen (secondary N) is 1. The summed E-state index contributed by atoms with van der Waals surface area (Å²) in [6, 6.07) is 3.92. The number of rotatable bonds is 1. The molecule has 0 bridgehead atoms. The smallest absolute Gasteiger partial charge is 0.153 e. The lowest BCUT2D eigenvalue weighted by molar-refractivity contribution is 0.448. The van der Waals surface area contributed by atoms with Crippen molar-refractivity contribution < 1.29 is 0 Å². The zero-order chi connectivity index (χ0) is 10.1. The summed E-state index contributed by atoms with van der Waals surface area (Å²) in [5.41, 5.74) is 2.21. The molecular weight excluding hydrogens is 188 g/mol. The Labute approximate surface area is 88.3 Å². The number of hydrogen-bond acceptors (Lipinski definition) is 3. The molecule has 2 aromatic rings. The minimum Gasteiger partial charge on any atom is -0.317 e. The van der Waals surface area contributed by atoms with Crippen LogP contribution in [-0.2, 0) is 0 Å². The quantitative estimate of drug-likeness (QED) is 0.755. The minimum atomic E-state index is 0.608. The van der Waals surface area contributed by atoms with Crippen molar-refractivity contribution in [3.8, 4) is 0 Å². The molecule has 0 spiro atoms. The normalized spacial score (nSPS) is 18.4. The lowest BCUT2D eigenvalue weighted by Crippen LogP contribution is -2.27. The Morgan fingerprint density at radius 2 is 2.20 bits per heavy atom. The third-order valence-electron chi connectivity index (χ3n) is 3.06. The summed E-state index contributed by atoms with van der Waals surface area (Å²) in [7, 11) is 0. The van der Waals surface area contributed by atoms with Crippen LogP contribution in [0.25, 0.3) is 5.65 Å². The molecule has 0 radical (unpaired) electrons. The van der Waals surface area contributed by atoms with Crippen molar-refractivity contribution in [3.63, 3.8) is 0 Å². The highest BCUT2D eigenvalue weighted by molar-refractivity contribution is 5.38. The topological polar surface area (TPSA) is 42.2 Å². The summed E-state index contributed by atoms with van der Waals surface area (Å²) in [5, 5.41) is 7.72. The molecule has 3 rings (SSSR count). The van der Waals surface area contributed by atoms with Crippen LogP contribution in [0, 0.1) is 0 Å². The van der Waals surface area contributed by atoms with Crippen LogP contribution >= 0.6 is 0 Å². The molecule has 0 aliphatic carbocycles. The lowest BCUT2D eigenvalue weighted by atomic mass is 9.95. The van der Waals surface area contributed by atoms with Crippen LogP contribution in [0.5, 0.6) is 0 Å². The van der Waals surface area contributed by atoms with Gasteiger partial charge in [-0.3, -0.25) is 0 Å². The number of aromatic nitrogens is 3. The molecule has 0 saturated carbocycles. The van der Waals surface area contributed by atoms with E-state index in [1.807, 2.05) is 29.0 Å². The summed E-state index contributed by atoms with van der Waals surface area (Å²) >= 11 is 0. The molecule has 1 fully saturated rings. The highest BCUT2D eigenvalue weighted by Crippen LogP contribution is 2.24.